The van der Waals surface area contributed by atoms with E-state index in [1.807, 2.05) is 6.07 Å². The Bertz CT molecular complexity index is 3240. The van der Waals surface area contributed by atoms with Crippen LogP contribution in [0.25, 0.3) is 88.1 Å². The number of benzene rings is 7. The fourth-order valence-electron chi connectivity index (χ4n) is 8.77. The summed E-state index contributed by atoms with van der Waals surface area (Å²) in [5.41, 5.74) is 10.9. The standard InChI is InChI=1S/C51H32N4OS/c1-3-12-31(13-4-1)32-14-11-15-33(28-32)49-52-50(54-51(53-49)35-22-24-38-37-18-8-10-21-45(37)57-46(38)30-35)34-23-27-44-41(29-34)39-25-26-43-47(48(39)56-44)40-19-7-9-20-42(40)55(43)36-16-5-2-6-17-36/h1-30,39,48H. The van der Waals surface area contributed by atoms with E-state index < -0.39 is 0 Å². The zero-order valence-corrected chi connectivity index (χ0v) is 31.4. The van der Waals surface area contributed by atoms with Crippen molar-refractivity contribution in [1.82, 2.24) is 19.5 Å². The van der Waals surface area contributed by atoms with Gasteiger partial charge in [-0.15, -0.1) is 11.3 Å². The smallest absolute Gasteiger partial charge is 0.164 e. The number of aromatic nitrogens is 4. The van der Waals surface area contributed by atoms with E-state index in [1.54, 1.807) is 11.3 Å². The third-order valence-corrected chi connectivity index (χ3v) is 12.6. The summed E-state index contributed by atoms with van der Waals surface area (Å²) in [5, 5.41) is 3.72. The molecule has 12 rings (SSSR count). The van der Waals surface area contributed by atoms with Crippen LogP contribution in [0.4, 0.5) is 0 Å². The number of nitrogens with zero attached hydrogens (tertiary/aromatic N) is 4. The van der Waals surface area contributed by atoms with E-state index >= 15 is 0 Å². The number of para-hydroxylation sites is 2. The lowest BCUT2D eigenvalue weighted by Gasteiger charge is -2.22. The Hall–Kier alpha value is -7.15. The van der Waals surface area contributed by atoms with Gasteiger partial charge in [-0.25, -0.2) is 15.0 Å². The van der Waals surface area contributed by atoms with Crippen molar-refractivity contribution in [2.45, 2.75) is 12.0 Å². The van der Waals surface area contributed by atoms with Gasteiger partial charge in [-0.1, -0.05) is 121 Å². The van der Waals surface area contributed by atoms with Crippen LogP contribution in [0.1, 0.15) is 28.8 Å². The predicted molar refractivity (Wildman–Crippen MR) is 233 cm³/mol. The normalized spacial score (nSPS) is 15.4. The van der Waals surface area contributed by atoms with Crippen LogP contribution < -0.4 is 4.74 Å². The first-order valence-electron chi connectivity index (χ1n) is 19.3. The van der Waals surface area contributed by atoms with E-state index in [9.17, 15) is 0 Å². The van der Waals surface area contributed by atoms with Gasteiger partial charge in [-0.3, -0.25) is 0 Å². The molecule has 2 atom stereocenters. The third kappa shape index (κ3) is 5.18. The van der Waals surface area contributed by atoms with E-state index in [4.69, 9.17) is 19.7 Å². The first-order valence-corrected chi connectivity index (χ1v) is 20.1. The Morgan fingerprint density at radius 2 is 1.12 bits per heavy atom. The molecule has 0 bridgehead atoms. The summed E-state index contributed by atoms with van der Waals surface area (Å²) in [6.45, 7) is 0. The molecule has 1 aliphatic carbocycles. The summed E-state index contributed by atoms with van der Waals surface area (Å²) in [6, 6.07) is 59.7. The van der Waals surface area contributed by atoms with Crippen molar-refractivity contribution in [1.29, 1.82) is 0 Å². The maximum Gasteiger partial charge on any atom is 0.164 e. The van der Waals surface area contributed by atoms with Gasteiger partial charge in [0.15, 0.2) is 17.5 Å². The number of hydrogen-bond acceptors (Lipinski definition) is 5. The summed E-state index contributed by atoms with van der Waals surface area (Å²) in [6.07, 6.45) is 4.43. The van der Waals surface area contributed by atoms with Gasteiger partial charge < -0.3 is 9.30 Å². The first kappa shape index (κ1) is 32.1. The van der Waals surface area contributed by atoms with Gasteiger partial charge in [0.05, 0.1) is 11.2 Å². The number of ether oxygens (including phenoxy) is 1. The maximum absolute atomic E-state index is 6.88. The molecule has 268 valence electrons. The fourth-order valence-corrected chi connectivity index (χ4v) is 9.91. The molecule has 57 heavy (non-hydrogen) atoms. The highest BCUT2D eigenvalue weighted by Gasteiger charge is 2.40. The summed E-state index contributed by atoms with van der Waals surface area (Å²) < 4.78 is 11.7. The molecule has 0 radical (unpaired) electrons. The van der Waals surface area contributed by atoms with Crippen molar-refractivity contribution in [2.75, 3.05) is 0 Å². The molecule has 2 aliphatic rings. The van der Waals surface area contributed by atoms with Gasteiger partial charge in [0.25, 0.3) is 0 Å². The zero-order chi connectivity index (χ0) is 37.5. The third-order valence-electron chi connectivity index (χ3n) is 11.4. The topological polar surface area (TPSA) is 52.8 Å². The minimum Gasteiger partial charge on any atom is -0.484 e. The molecule has 6 heteroatoms. The van der Waals surface area contributed by atoms with Gasteiger partial charge >= 0.3 is 0 Å². The summed E-state index contributed by atoms with van der Waals surface area (Å²) in [7, 11) is 0. The van der Waals surface area contributed by atoms with Gasteiger partial charge in [-0.2, -0.15) is 0 Å². The Morgan fingerprint density at radius 3 is 1.95 bits per heavy atom. The molecule has 3 aromatic heterocycles. The van der Waals surface area contributed by atoms with Gasteiger partial charge in [0.1, 0.15) is 11.9 Å². The number of rotatable bonds is 5. The van der Waals surface area contributed by atoms with E-state index in [0.717, 1.165) is 50.5 Å². The molecule has 0 amide bonds. The van der Waals surface area contributed by atoms with Gasteiger partial charge in [-0.05, 0) is 71.8 Å². The van der Waals surface area contributed by atoms with Crippen LogP contribution in [0.3, 0.4) is 0 Å². The van der Waals surface area contributed by atoms with E-state index in [1.165, 1.54) is 36.6 Å². The van der Waals surface area contributed by atoms with Crippen molar-refractivity contribution in [3.63, 3.8) is 0 Å². The Morgan fingerprint density at radius 1 is 0.491 bits per heavy atom. The van der Waals surface area contributed by atoms with Crippen LogP contribution in [-0.4, -0.2) is 19.5 Å². The van der Waals surface area contributed by atoms with Crippen LogP contribution in [0.2, 0.25) is 0 Å². The second-order valence-corrected chi connectivity index (χ2v) is 15.8. The lowest BCUT2D eigenvalue weighted by molar-refractivity contribution is 0.224. The summed E-state index contributed by atoms with van der Waals surface area (Å²) in [5.74, 6) is 2.84. The molecule has 2 unspecified atom stereocenters. The molecule has 4 heterocycles. The zero-order valence-electron chi connectivity index (χ0n) is 30.6. The second-order valence-electron chi connectivity index (χ2n) is 14.7. The van der Waals surface area contributed by atoms with Crippen LogP contribution in [0.15, 0.2) is 176 Å². The molecule has 10 aromatic rings. The lowest BCUT2D eigenvalue weighted by atomic mass is 9.85. The largest absolute Gasteiger partial charge is 0.484 e. The van der Waals surface area contributed by atoms with Crippen molar-refractivity contribution in [3.8, 4) is 56.7 Å². The Labute approximate surface area is 332 Å². The summed E-state index contributed by atoms with van der Waals surface area (Å²) >= 11 is 1.80. The molecule has 0 saturated carbocycles. The van der Waals surface area contributed by atoms with Crippen LogP contribution in [0, 0.1) is 0 Å². The second kappa shape index (κ2) is 12.7. The minimum atomic E-state index is -0.150. The molecule has 7 aromatic carbocycles. The molecule has 1 aliphatic heterocycles. The maximum atomic E-state index is 6.88. The molecule has 0 spiro atoms. The first-order chi connectivity index (χ1) is 28.2. The van der Waals surface area contributed by atoms with Crippen molar-refractivity contribution in [2.24, 2.45) is 0 Å². The highest BCUT2D eigenvalue weighted by atomic mass is 32.1. The number of fused-ring (bicyclic) bond motifs is 10. The highest BCUT2D eigenvalue weighted by molar-refractivity contribution is 7.25. The van der Waals surface area contributed by atoms with E-state index in [2.05, 4.69) is 181 Å². The molecular formula is C51H32N4OS. The monoisotopic (exact) mass is 748 g/mol. The minimum absolute atomic E-state index is 0.0428. The van der Waals surface area contributed by atoms with Crippen molar-refractivity contribution in [3.05, 3.63) is 193 Å². The quantitative estimate of drug-likeness (QED) is 0.176. The molecule has 0 fully saturated rings. The number of thiophene rings is 1. The molecular weight excluding hydrogens is 717 g/mol. The average Bonchev–Trinajstić information content (AvgIpc) is 3.96. The number of hydrogen-bond donors (Lipinski definition) is 0. The van der Waals surface area contributed by atoms with E-state index in [0.29, 0.717) is 17.5 Å². The van der Waals surface area contributed by atoms with Crippen LogP contribution in [-0.2, 0) is 0 Å². The molecule has 0 N–H and O–H groups in total. The van der Waals surface area contributed by atoms with Gasteiger partial charge in [0.2, 0.25) is 0 Å². The molecule has 0 saturated heterocycles. The van der Waals surface area contributed by atoms with Crippen molar-refractivity contribution >= 4 is 48.5 Å². The Kier molecular flexibility index (Phi) is 7.16. The van der Waals surface area contributed by atoms with Crippen molar-refractivity contribution < 1.29 is 4.74 Å². The fraction of sp³-hybridized carbons (Fsp3) is 0.0392. The highest BCUT2D eigenvalue weighted by Crippen LogP contribution is 2.53. The lowest BCUT2D eigenvalue weighted by Crippen LogP contribution is -2.13. The van der Waals surface area contributed by atoms with Crippen LogP contribution >= 0.6 is 11.3 Å². The predicted octanol–water partition coefficient (Wildman–Crippen LogP) is 13.1. The van der Waals surface area contributed by atoms with E-state index in [-0.39, 0.29) is 12.0 Å². The average molecular weight is 749 g/mol. The Balaban J connectivity index is 0.989. The van der Waals surface area contributed by atoms with Gasteiger partial charge in [0, 0.05) is 65.0 Å². The summed E-state index contributed by atoms with van der Waals surface area (Å²) in [4.78, 5) is 15.6. The molecule has 5 nitrogen and oxygen atoms in total. The van der Waals surface area contributed by atoms with Crippen LogP contribution in [0.5, 0.6) is 5.75 Å². The SMILES string of the molecule is C1=CC2c3cc(-c4nc(-c5cccc(-c6ccccc6)c5)nc(-c5ccc6c(c5)sc5ccccc56)n4)ccc3OC2c2c1n(-c1ccccc1)c1ccccc21.